The van der Waals surface area contributed by atoms with Gasteiger partial charge in [0.15, 0.2) is 9.84 Å². The van der Waals surface area contributed by atoms with Gasteiger partial charge >= 0.3 is 6.18 Å². The predicted molar refractivity (Wildman–Crippen MR) is 187 cm³/mol. The van der Waals surface area contributed by atoms with Gasteiger partial charge in [0, 0.05) is 44.2 Å². The highest BCUT2D eigenvalue weighted by Gasteiger charge is 2.33. The molecule has 0 bridgehead atoms. The summed E-state index contributed by atoms with van der Waals surface area (Å²) in [5.41, 5.74) is 0.707. The van der Waals surface area contributed by atoms with Crippen molar-refractivity contribution >= 4 is 58.6 Å². The van der Waals surface area contributed by atoms with Crippen molar-refractivity contribution in [2.75, 3.05) is 55.0 Å². The van der Waals surface area contributed by atoms with Crippen molar-refractivity contribution in [1.82, 2.24) is 9.62 Å². The zero-order chi connectivity index (χ0) is 37.0. The van der Waals surface area contributed by atoms with Gasteiger partial charge in [-0.2, -0.15) is 13.2 Å². The molecule has 0 unspecified atom stereocenters. The second-order valence-electron chi connectivity index (χ2n) is 12.4. The van der Waals surface area contributed by atoms with Gasteiger partial charge in [0.25, 0.3) is 10.0 Å². The van der Waals surface area contributed by atoms with E-state index in [0.29, 0.717) is 34.9 Å². The molecule has 1 aliphatic carbocycles. The van der Waals surface area contributed by atoms with E-state index in [1.165, 1.54) is 0 Å². The van der Waals surface area contributed by atoms with Crippen LogP contribution in [0.4, 0.5) is 28.9 Å². The van der Waals surface area contributed by atoms with Crippen molar-refractivity contribution in [3.05, 3.63) is 46.6 Å². The number of nitrogens with zero attached hydrogens (tertiary/aromatic N) is 1. The molecule has 0 spiro atoms. The summed E-state index contributed by atoms with van der Waals surface area (Å²) in [7, 11) is -7.53. The van der Waals surface area contributed by atoms with Crippen molar-refractivity contribution in [3.8, 4) is 17.6 Å². The maximum Gasteiger partial charge on any atom is 0.393 e. The highest BCUT2D eigenvalue weighted by molar-refractivity contribution is 7.91. The van der Waals surface area contributed by atoms with E-state index in [1.807, 2.05) is 6.07 Å². The monoisotopic (exact) mass is 774 g/mol. The minimum atomic E-state index is -4.56. The Bertz CT molecular complexity index is 2020. The Hall–Kier alpha value is -3.63. The molecule has 2 aromatic carbocycles. The van der Waals surface area contributed by atoms with Gasteiger partial charge in [0.2, 0.25) is 5.91 Å². The number of halogens is 4. The average Bonchev–Trinajstić information content (AvgIpc) is 3.38. The standard InChI is InChI=1S/C33H38F4N4O7S3/c1-21(43)40-51(46,47)31-19-29(48-15-14-42)28(18-26(31)34)38-11-3-6-30-25(20-33(35,36)37)24-4-2-5-27(32(24)49-30)39-22-7-9-23(10-8-22)41-12-16-50(44,45)17-13-41/h2,4-5,18-19,22-23,38-39,42H,7-17,20H2,1H3,(H,40,43). The number of thiophene rings is 1. The first-order valence-corrected chi connectivity index (χ1v) is 20.3. The number of sulfonamides is 1. The Balaban J connectivity index is 1.34. The highest BCUT2D eigenvalue weighted by Crippen LogP contribution is 2.40. The van der Waals surface area contributed by atoms with Gasteiger partial charge in [-0.3, -0.25) is 9.69 Å². The van der Waals surface area contributed by atoms with Crippen LogP contribution in [0.25, 0.3) is 10.1 Å². The second-order valence-corrected chi connectivity index (χ2v) is 17.4. The molecule has 2 fully saturated rings. The van der Waals surface area contributed by atoms with Crippen molar-refractivity contribution in [3.63, 3.8) is 0 Å². The maximum atomic E-state index is 14.9. The molecular weight excluding hydrogens is 737 g/mol. The molecule has 11 nitrogen and oxygen atoms in total. The summed E-state index contributed by atoms with van der Waals surface area (Å²) in [5.74, 6) is 3.63. The van der Waals surface area contributed by atoms with Crippen LogP contribution < -0.4 is 20.1 Å². The lowest BCUT2D eigenvalue weighted by molar-refractivity contribution is -0.127. The molecule has 278 valence electrons. The molecule has 5 rings (SSSR count). The number of hydrogen-bond acceptors (Lipinski definition) is 11. The minimum absolute atomic E-state index is 0.0320. The number of sulfone groups is 1. The number of benzene rings is 2. The van der Waals surface area contributed by atoms with Crippen molar-refractivity contribution in [2.45, 2.75) is 62.2 Å². The van der Waals surface area contributed by atoms with Crippen LogP contribution in [0.1, 0.15) is 43.0 Å². The summed E-state index contributed by atoms with van der Waals surface area (Å²) < 4.78 is 112. The molecule has 1 aliphatic heterocycles. The molecule has 4 N–H and O–H groups in total. The lowest BCUT2D eigenvalue weighted by Crippen LogP contribution is -2.48. The largest absolute Gasteiger partial charge is 0.489 e. The van der Waals surface area contributed by atoms with E-state index in [1.54, 1.807) is 16.9 Å². The summed E-state index contributed by atoms with van der Waals surface area (Å²) in [4.78, 5) is 12.9. The van der Waals surface area contributed by atoms with Crippen LogP contribution in [0.15, 0.2) is 35.2 Å². The normalized spacial score (nSPS) is 19.6. The van der Waals surface area contributed by atoms with Crippen LogP contribution in [0.2, 0.25) is 0 Å². The number of amides is 1. The lowest BCUT2D eigenvalue weighted by Gasteiger charge is -2.39. The SMILES string of the molecule is CC(=O)NS(=O)(=O)c1cc(OCCO)c(NCC#Cc2sc3c(NC4CCC(N5CCS(=O)(=O)CC5)CC4)cccc3c2CC(F)(F)F)cc1F. The number of alkyl halides is 3. The summed E-state index contributed by atoms with van der Waals surface area (Å²) in [6, 6.07) is 7.22. The first kappa shape index (κ1) is 38.6. The van der Waals surface area contributed by atoms with Gasteiger partial charge in [0.05, 0.1) is 52.0 Å². The average molecular weight is 775 g/mol. The number of rotatable bonds is 11. The van der Waals surface area contributed by atoms with Gasteiger partial charge in [-0.25, -0.2) is 25.9 Å². The van der Waals surface area contributed by atoms with Crippen LogP contribution in [0.3, 0.4) is 0 Å². The molecule has 51 heavy (non-hydrogen) atoms. The highest BCUT2D eigenvalue weighted by atomic mass is 32.2. The molecule has 18 heteroatoms. The third-order valence-electron chi connectivity index (χ3n) is 8.67. The van der Waals surface area contributed by atoms with Gasteiger partial charge in [0.1, 0.15) is 23.1 Å². The third-order valence-corrected chi connectivity index (χ3v) is 12.9. The first-order chi connectivity index (χ1) is 24.0. The van der Waals surface area contributed by atoms with Crippen LogP contribution in [0, 0.1) is 17.7 Å². The molecule has 2 aliphatic rings. The molecule has 0 atom stereocenters. The number of aliphatic hydroxyl groups excluding tert-OH is 1. The number of aliphatic hydroxyl groups is 1. The van der Waals surface area contributed by atoms with E-state index in [4.69, 9.17) is 4.74 Å². The zero-order valence-corrected chi connectivity index (χ0v) is 30.1. The molecule has 1 amide bonds. The van der Waals surface area contributed by atoms with E-state index in [0.717, 1.165) is 56.1 Å². The van der Waals surface area contributed by atoms with Crippen LogP contribution in [-0.4, -0.2) is 95.4 Å². The number of carbonyl (C=O) groups excluding carboxylic acids is 1. The molecule has 1 saturated heterocycles. The molecule has 0 radical (unpaired) electrons. The summed E-state index contributed by atoms with van der Waals surface area (Å²) in [6.07, 6.45) is -2.28. The molecular formula is C33H38F4N4O7S3. The second kappa shape index (κ2) is 15.9. The van der Waals surface area contributed by atoms with Crippen molar-refractivity contribution in [2.24, 2.45) is 0 Å². The van der Waals surface area contributed by atoms with E-state index in [9.17, 15) is 44.3 Å². The zero-order valence-electron chi connectivity index (χ0n) is 27.6. The van der Waals surface area contributed by atoms with Gasteiger partial charge in [-0.1, -0.05) is 24.0 Å². The number of ether oxygens (including phenoxy) is 1. The van der Waals surface area contributed by atoms with E-state index in [-0.39, 0.29) is 52.6 Å². The van der Waals surface area contributed by atoms with Gasteiger partial charge < -0.3 is 20.5 Å². The number of carbonyl (C=O) groups is 1. The van der Waals surface area contributed by atoms with Crippen molar-refractivity contribution < 1.29 is 49.0 Å². The summed E-state index contributed by atoms with van der Waals surface area (Å²) in [5, 5.41) is 15.9. The van der Waals surface area contributed by atoms with E-state index < -0.39 is 55.7 Å². The Morgan fingerprint density at radius 1 is 1.12 bits per heavy atom. The Morgan fingerprint density at radius 3 is 2.47 bits per heavy atom. The summed E-state index contributed by atoms with van der Waals surface area (Å²) >= 11 is 1.13. The topological polar surface area (TPSA) is 154 Å². The number of hydrogen-bond donors (Lipinski definition) is 4. The predicted octanol–water partition coefficient (Wildman–Crippen LogP) is 4.26. The Kier molecular flexibility index (Phi) is 12.1. The smallest absolute Gasteiger partial charge is 0.393 e. The number of nitrogens with one attached hydrogen (secondary N) is 3. The first-order valence-electron chi connectivity index (χ1n) is 16.2. The fraction of sp³-hybridized carbons (Fsp3) is 0.485. The fourth-order valence-electron chi connectivity index (χ4n) is 6.32. The third kappa shape index (κ3) is 10.0. The summed E-state index contributed by atoms with van der Waals surface area (Å²) in [6.45, 7) is 1.12. The molecule has 2 heterocycles. The van der Waals surface area contributed by atoms with Crippen LogP contribution in [0.5, 0.6) is 5.75 Å². The minimum Gasteiger partial charge on any atom is -0.489 e. The van der Waals surface area contributed by atoms with Crippen LogP contribution in [-0.2, 0) is 31.1 Å². The number of fused-ring (bicyclic) bond motifs is 1. The number of anilines is 2. The van der Waals surface area contributed by atoms with Gasteiger partial charge in [-0.05, 0) is 42.7 Å². The van der Waals surface area contributed by atoms with E-state index >= 15 is 0 Å². The lowest BCUT2D eigenvalue weighted by atomic mass is 9.90. The quantitative estimate of drug-likeness (QED) is 0.164. The molecule has 1 saturated carbocycles. The van der Waals surface area contributed by atoms with Gasteiger partial charge in [-0.15, -0.1) is 11.3 Å². The van der Waals surface area contributed by atoms with Crippen LogP contribution >= 0.6 is 11.3 Å². The Morgan fingerprint density at radius 2 is 1.82 bits per heavy atom. The Labute approximate surface area is 297 Å². The van der Waals surface area contributed by atoms with Crippen molar-refractivity contribution in [1.29, 1.82) is 0 Å². The fourth-order valence-corrected chi connectivity index (χ4v) is 9.79. The molecule has 1 aromatic heterocycles. The molecule has 3 aromatic rings. The maximum absolute atomic E-state index is 14.9. The van der Waals surface area contributed by atoms with E-state index in [2.05, 4.69) is 27.4 Å².